The molecule has 0 unspecified atom stereocenters. The quantitative estimate of drug-likeness (QED) is 0.791. The molecule has 1 aliphatic heterocycles. The lowest BCUT2D eigenvalue weighted by Crippen LogP contribution is -2.45. The van der Waals surface area contributed by atoms with Crippen molar-refractivity contribution < 1.29 is 4.74 Å². The van der Waals surface area contributed by atoms with Gasteiger partial charge in [-0.3, -0.25) is 0 Å². The summed E-state index contributed by atoms with van der Waals surface area (Å²) in [6.45, 7) is 1.93. The van der Waals surface area contributed by atoms with Gasteiger partial charge in [0.05, 0.1) is 6.61 Å². The van der Waals surface area contributed by atoms with Crippen molar-refractivity contribution in [2.75, 3.05) is 13.2 Å². The van der Waals surface area contributed by atoms with E-state index in [0.29, 0.717) is 6.04 Å². The van der Waals surface area contributed by atoms with Crippen LogP contribution in [-0.2, 0) is 4.74 Å². The van der Waals surface area contributed by atoms with E-state index in [-0.39, 0.29) is 0 Å². The highest BCUT2D eigenvalue weighted by Crippen LogP contribution is 2.40. The summed E-state index contributed by atoms with van der Waals surface area (Å²) in [6.07, 6.45) is 11.5. The van der Waals surface area contributed by atoms with Crippen LogP contribution in [-0.4, -0.2) is 25.3 Å². The van der Waals surface area contributed by atoms with Crippen molar-refractivity contribution in [1.29, 1.82) is 0 Å². The first-order chi connectivity index (χ1) is 7.93. The molecule has 1 saturated heterocycles. The molecule has 16 heavy (non-hydrogen) atoms. The minimum Gasteiger partial charge on any atom is -0.380 e. The van der Waals surface area contributed by atoms with Crippen LogP contribution in [0, 0.1) is 11.8 Å². The topological polar surface area (TPSA) is 21.3 Å². The molecule has 0 aromatic rings. The molecule has 0 amide bonds. The van der Waals surface area contributed by atoms with E-state index in [1.54, 1.807) is 0 Å². The van der Waals surface area contributed by atoms with E-state index in [1.165, 1.54) is 51.4 Å². The molecule has 1 heterocycles. The molecule has 0 aromatic carbocycles. The summed E-state index contributed by atoms with van der Waals surface area (Å²) in [5.41, 5.74) is 0. The average molecular weight is 223 g/mol. The summed E-state index contributed by atoms with van der Waals surface area (Å²) in [7, 11) is 0. The van der Waals surface area contributed by atoms with Gasteiger partial charge in [-0.05, 0) is 43.9 Å². The summed E-state index contributed by atoms with van der Waals surface area (Å²) < 4.78 is 5.48. The summed E-state index contributed by atoms with van der Waals surface area (Å²) in [4.78, 5) is 0. The Balaban J connectivity index is 1.56. The Labute approximate surface area is 99.1 Å². The van der Waals surface area contributed by atoms with E-state index >= 15 is 0 Å². The van der Waals surface area contributed by atoms with Crippen LogP contribution >= 0.6 is 0 Å². The van der Waals surface area contributed by atoms with Crippen LogP contribution in [0.15, 0.2) is 0 Å². The largest absolute Gasteiger partial charge is 0.380 e. The molecule has 3 rings (SSSR count). The maximum atomic E-state index is 5.48. The lowest BCUT2D eigenvalue weighted by Gasteiger charge is -2.33. The maximum absolute atomic E-state index is 5.48. The van der Waals surface area contributed by atoms with Gasteiger partial charge in [-0.25, -0.2) is 0 Å². The number of rotatable bonds is 4. The third kappa shape index (κ3) is 2.60. The zero-order valence-corrected chi connectivity index (χ0v) is 10.3. The van der Waals surface area contributed by atoms with Crippen LogP contribution in [0.4, 0.5) is 0 Å². The predicted molar refractivity (Wildman–Crippen MR) is 65.4 cm³/mol. The van der Waals surface area contributed by atoms with E-state index in [0.717, 1.165) is 31.1 Å². The SMILES string of the molecule is C1CCC([C@@H](N[C@@H]2CCOC2)C2CC2)CC1. The van der Waals surface area contributed by atoms with Gasteiger partial charge >= 0.3 is 0 Å². The Hall–Kier alpha value is -0.0800. The van der Waals surface area contributed by atoms with Crippen molar-refractivity contribution in [2.24, 2.45) is 11.8 Å². The molecule has 1 N–H and O–H groups in total. The van der Waals surface area contributed by atoms with Gasteiger partial charge in [0.25, 0.3) is 0 Å². The number of nitrogens with one attached hydrogen (secondary N) is 1. The molecule has 92 valence electrons. The fraction of sp³-hybridized carbons (Fsp3) is 1.00. The van der Waals surface area contributed by atoms with Crippen LogP contribution in [0.25, 0.3) is 0 Å². The molecule has 0 bridgehead atoms. The van der Waals surface area contributed by atoms with Crippen molar-refractivity contribution in [2.45, 2.75) is 63.5 Å². The van der Waals surface area contributed by atoms with Crippen LogP contribution < -0.4 is 5.32 Å². The average Bonchev–Trinajstić information content (AvgIpc) is 3.05. The highest BCUT2D eigenvalue weighted by atomic mass is 16.5. The first kappa shape index (κ1) is 11.0. The van der Waals surface area contributed by atoms with Crippen LogP contribution in [0.2, 0.25) is 0 Å². The smallest absolute Gasteiger partial charge is 0.0620 e. The fourth-order valence-corrected chi connectivity index (χ4v) is 3.54. The van der Waals surface area contributed by atoms with Gasteiger partial charge in [-0.2, -0.15) is 0 Å². The fourth-order valence-electron chi connectivity index (χ4n) is 3.54. The minimum atomic E-state index is 0.660. The van der Waals surface area contributed by atoms with E-state index in [4.69, 9.17) is 4.74 Å². The molecule has 2 aliphatic carbocycles. The molecule has 2 saturated carbocycles. The van der Waals surface area contributed by atoms with Crippen molar-refractivity contribution in [3.63, 3.8) is 0 Å². The second-order valence-electron chi connectivity index (χ2n) is 5.99. The normalized spacial score (nSPS) is 34.1. The molecular weight excluding hydrogens is 198 g/mol. The van der Waals surface area contributed by atoms with Crippen molar-refractivity contribution in [3.8, 4) is 0 Å². The first-order valence-electron chi connectivity index (χ1n) is 7.27. The lowest BCUT2D eigenvalue weighted by molar-refractivity contribution is 0.177. The summed E-state index contributed by atoms with van der Waals surface area (Å²) in [6, 6.07) is 1.49. The standard InChI is InChI=1S/C14H25NO/c1-2-4-11(5-3-1)14(12-6-7-12)15-13-8-9-16-10-13/h11-15H,1-10H2/t13-,14-/m1/s1. The first-order valence-corrected chi connectivity index (χ1v) is 7.27. The Morgan fingerprint density at radius 3 is 2.25 bits per heavy atom. The lowest BCUT2D eigenvalue weighted by atomic mass is 9.81. The van der Waals surface area contributed by atoms with Gasteiger partial charge in [0.2, 0.25) is 0 Å². The summed E-state index contributed by atoms with van der Waals surface area (Å²) >= 11 is 0. The Bertz CT molecular complexity index is 215. The Kier molecular flexibility index (Phi) is 3.49. The predicted octanol–water partition coefficient (Wildman–Crippen LogP) is 2.72. The van der Waals surface area contributed by atoms with Crippen molar-refractivity contribution >= 4 is 0 Å². The van der Waals surface area contributed by atoms with Gasteiger partial charge in [-0.1, -0.05) is 19.3 Å². The molecule has 0 radical (unpaired) electrons. The monoisotopic (exact) mass is 223 g/mol. The molecule has 0 spiro atoms. The number of hydrogen-bond acceptors (Lipinski definition) is 2. The van der Waals surface area contributed by atoms with Crippen molar-refractivity contribution in [1.82, 2.24) is 5.32 Å². The molecule has 0 aromatic heterocycles. The van der Waals surface area contributed by atoms with Gasteiger partial charge in [0, 0.05) is 18.7 Å². The van der Waals surface area contributed by atoms with E-state index in [2.05, 4.69) is 5.32 Å². The molecule has 2 atom stereocenters. The summed E-state index contributed by atoms with van der Waals surface area (Å²) in [5.74, 6) is 1.98. The molecule has 2 heteroatoms. The van der Waals surface area contributed by atoms with Crippen LogP contribution in [0.1, 0.15) is 51.4 Å². The molecule has 2 nitrogen and oxygen atoms in total. The van der Waals surface area contributed by atoms with Gasteiger partial charge in [0.15, 0.2) is 0 Å². The number of hydrogen-bond donors (Lipinski definition) is 1. The Morgan fingerprint density at radius 2 is 1.62 bits per heavy atom. The molecular formula is C14H25NO. The van der Waals surface area contributed by atoms with Crippen LogP contribution in [0.3, 0.4) is 0 Å². The minimum absolute atomic E-state index is 0.660. The highest BCUT2D eigenvalue weighted by Gasteiger charge is 2.38. The summed E-state index contributed by atoms with van der Waals surface area (Å²) in [5, 5.41) is 3.92. The molecule has 3 fully saturated rings. The van der Waals surface area contributed by atoms with E-state index in [9.17, 15) is 0 Å². The van der Waals surface area contributed by atoms with Gasteiger partial charge in [-0.15, -0.1) is 0 Å². The second kappa shape index (κ2) is 5.05. The van der Waals surface area contributed by atoms with E-state index < -0.39 is 0 Å². The highest BCUT2D eigenvalue weighted by molar-refractivity contribution is 4.94. The maximum Gasteiger partial charge on any atom is 0.0620 e. The van der Waals surface area contributed by atoms with Gasteiger partial charge < -0.3 is 10.1 Å². The zero-order valence-electron chi connectivity index (χ0n) is 10.3. The Morgan fingerprint density at radius 1 is 0.875 bits per heavy atom. The van der Waals surface area contributed by atoms with Crippen molar-refractivity contribution in [3.05, 3.63) is 0 Å². The zero-order chi connectivity index (χ0) is 10.8. The third-order valence-electron chi connectivity index (χ3n) is 4.65. The second-order valence-corrected chi connectivity index (χ2v) is 5.99. The van der Waals surface area contributed by atoms with Crippen LogP contribution in [0.5, 0.6) is 0 Å². The number of ether oxygens (including phenoxy) is 1. The molecule has 3 aliphatic rings. The third-order valence-corrected chi connectivity index (χ3v) is 4.65. The van der Waals surface area contributed by atoms with Gasteiger partial charge in [0.1, 0.15) is 0 Å². The van der Waals surface area contributed by atoms with E-state index in [1.807, 2.05) is 0 Å².